The minimum absolute atomic E-state index is 0.301. The number of nitrogens with one attached hydrogen (secondary N) is 2. The van der Waals surface area contributed by atoms with Crippen LogP contribution in [0.1, 0.15) is 17.3 Å². The Hall–Kier alpha value is -2.00. The van der Waals surface area contributed by atoms with Crippen molar-refractivity contribution < 1.29 is 9.59 Å². The number of rotatable bonds is 6. The van der Waals surface area contributed by atoms with Gasteiger partial charge < -0.3 is 10.6 Å². The minimum Gasteiger partial charge on any atom is -0.339 e. The molecule has 2 amide bonds. The van der Waals surface area contributed by atoms with Gasteiger partial charge in [-0.1, -0.05) is 18.2 Å². The summed E-state index contributed by atoms with van der Waals surface area (Å²) < 4.78 is 0. The first kappa shape index (κ1) is 16.1. The number of amides is 2. The summed E-state index contributed by atoms with van der Waals surface area (Å²) in [6.45, 7) is 1.59. The molecule has 0 aliphatic heterocycles. The number of carbonyl (C=O) groups is 2. The lowest BCUT2D eigenvalue weighted by Crippen LogP contribution is -2.50. The molecule has 106 valence electrons. The van der Waals surface area contributed by atoms with Gasteiger partial charge in [-0.2, -0.15) is 17.0 Å². The van der Waals surface area contributed by atoms with E-state index in [1.165, 1.54) is 11.8 Å². The molecule has 0 aromatic heterocycles. The van der Waals surface area contributed by atoms with Crippen LogP contribution in [0.4, 0.5) is 0 Å². The van der Waals surface area contributed by atoms with Gasteiger partial charge in [-0.15, -0.1) is 0 Å². The van der Waals surface area contributed by atoms with E-state index < -0.39 is 12.1 Å². The monoisotopic (exact) mass is 291 g/mol. The first-order valence-electron chi connectivity index (χ1n) is 6.13. The van der Waals surface area contributed by atoms with Crippen molar-refractivity contribution in [1.29, 1.82) is 5.26 Å². The Balaban J connectivity index is 2.70. The SMILES string of the molecule is CSCC(NC(=O)c1ccccc1)C(=O)NC(C)C#N. The van der Waals surface area contributed by atoms with Gasteiger partial charge in [0, 0.05) is 11.3 Å². The molecule has 0 bridgehead atoms. The summed E-state index contributed by atoms with van der Waals surface area (Å²) in [4.78, 5) is 24.0. The van der Waals surface area contributed by atoms with Crippen molar-refractivity contribution in [2.45, 2.75) is 19.0 Å². The number of nitriles is 1. The smallest absolute Gasteiger partial charge is 0.251 e. The maximum absolute atomic E-state index is 12.0. The van der Waals surface area contributed by atoms with Crippen LogP contribution in [0.2, 0.25) is 0 Å². The lowest BCUT2D eigenvalue weighted by molar-refractivity contribution is -0.122. The van der Waals surface area contributed by atoms with Gasteiger partial charge in [-0.05, 0) is 25.3 Å². The molecule has 1 aromatic carbocycles. The minimum atomic E-state index is -0.659. The van der Waals surface area contributed by atoms with Crippen LogP contribution in [0.15, 0.2) is 30.3 Å². The number of thioether (sulfide) groups is 1. The lowest BCUT2D eigenvalue weighted by Gasteiger charge is -2.18. The fourth-order valence-corrected chi connectivity index (χ4v) is 2.09. The highest BCUT2D eigenvalue weighted by atomic mass is 32.2. The summed E-state index contributed by atoms with van der Waals surface area (Å²) in [6.07, 6.45) is 1.85. The number of hydrogen-bond donors (Lipinski definition) is 2. The lowest BCUT2D eigenvalue weighted by atomic mass is 10.2. The highest BCUT2D eigenvalue weighted by molar-refractivity contribution is 7.98. The van der Waals surface area contributed by atoms with Crippen LogP contribution in [0.25, 0.3) is 0 Å². The van der Waals surface area contributed by atoms with Gasteiger partial charge in [0.05, 0.1) is 6.07 Å². The summed E-state index contributed by atoms with van der Waals surface area (Å²) >= 11 is 1.45. The second kappa shape index (κ2) is 8.23. The zero-order valence-corrected chi connectivity index (χ0v) is 12.2. The topological polar surface area (TPSA) is 82.0 Å². The fraction of sp³-hybridized carbons (Fsp3) is 0.357. The molecule has 0 radical (unpaired) electrons. The van der Waals surface area contributed by atoms with Crippen molar-refractivity contribution in [3.05, 3.63) is 35.9 Å². The first-order valence-corrected chi connectivity index (χ1v) is 7.52. The van der Waals surface area contributed by atoms with E-state index in [0.717, 1.165) is 0 Å². The standard InChI is InChI=1S/C14H17N3O2S/c1-10(8-15)16-14(19)12(9-20-2)17-13(18)11-6-4-3-5-7-11/h3-7,10,12H,9H2,1-2H3,(H,16,19)(H,17,18). The predicted molar refractivity (Wildman–Crippen MR) is 79.3 cm³/mol. The highest BCUT2D eigenvalue weighted by Crippen LogP contribution is 2.03. The van der Waals surface area contributed by atoms with Crippen LogP contribution in [-0.2, 0) is 4.79 Å². The molecule has 2 N–H and O–H groups in total. The average Bonchev–Trinajstić information content (AvgIpc) is 2.47. The van der Waals surface area contributed by atoms with Crippen LogP contribution >= 0.6 is 11.8 Å². The molecule has 2 unspecified atom stereocenters. The molecule has 6 heteroatoms. The Kier molecular flexibility index (Phi) is 6.60. The van der Waals surface area contributed by atoms with Crippen molar-refractivity contribution in [3.8, 4) is 6.07 Å². The van der Waals surface area contributed by atoms with E-state index in [-0.39, 0.29) is 11.8 Å². The average molecular weight is 291 g/mol. The van der Waals surface area contributed by atoms with Crippen molar-refractivity contribution in [2.24, 2.45) is 0 Å². The van der Waals surface area contributed by atoms with Crippen LogP contribution in [-0.4, -0.2) is 35.9 Å². The van der Waals surface area contributed by atoms with Gasteiger partial charge in [0.15, 0.2) is 0 Å². The van der Waals surface area contributed by atoms with Crippen LogP contribution in [0.5, 0.6) is 0 Å². The summed E-state index contributed by atoms with van der Waals surface area (Å²) in [5.41, 5.74) is 0.500. The molecule has 0 aliphatic carbocycles. The molecular formula is C14H17N3O2S. The maximum atomic E-state index is 12.0. The third-order valence-electron chi connectivity index (χ3n) is 2.54. The Morgan fingerprint density at radius 1 is 1.30 bits per heavy atom. The van der Waals surface area contributed by atoms with E-state index in [1.807, 2.05) is 18.4 Å². The Morgan fingerprint density at radius 2 is 1.95 bits per heavy atom. The highest BCUT2D eigenvalue weighted by Gasteiger charge is 2.21. The van der Waals surface area contributed by atoms with Gasteiger partial charge in [0.2, 0.25) is 5.91 Å². The fourth-order valence-electron chi connectivity index (χ4n) is 1.53. The predicted octanol–water partition coefficient (Wildman–Crippen LogP) is 1.18. The Morgan fingerprint density at radius 3 is 2.50 bits per heavy atom. The van der Waals surface area contributed by atoms with E-state index in [4.69, 9.17) is 5.26 Å². The van der Waals surface area contributed by atoms with Crippen LogP contribution < -0.4 is 10.6 Å². The molecule has 0 fully saturated rings. The van der Waals surface area contributed by atoms with E-state index >= 15 is 0 Å². The van der Waals surface area contributed by atoms with E-state index in [9.17, 15) is 9.59 Å². The molecule has 1 aromatic rings. The zero-order chi connectivity index (χ0) is 15.0. The van der Waals surface area contributed by atoms with Crippen molar-refractivity contribution in [2.75, 3.05) is 12.0 Å². The molecule has 0 saturated carbocycles. The largest absolute Gasteiger partial charge is 0.339 e. The molecular weight excluding hydrogens is 274 g/mol. The summed E-state index contributed by atoms with van der Waals surface area (Å²) in [5, 5.41) is 13.9. The van der Waals surface area contributed by atoms with Crippen molar-refractivity contribution >= 4 is 23.6 Å². The van der Waals surface area contributed by atoms with E-state index in [0.29, 0.717) is 11.3 Å². The van der Waals surface area contributed by atoms with Crippen molar-refractivity contribution in [3.63, 3.8) is 0 Å². The molecule has 0 saturated heterocycles. The van der Waals surface area contributed by atoms with E-state index in [1.54, 1.807) is 31.2 Å². The third kappa shape index (κ3) is 4.94. The number of nitrogens with zero attached hydrogens (tertiary/aromatic N) is 1. The quantitative estimate of drug-likeness (QED) is 0.824. The normalized spacial score (nSPS) is 12.8. The first-order chi connectivity index (χ1) is 9.58. The third-order valence-corrected chi connectivity index (χ3v) is 3.21. The molecule has 1 rings (SSSR count). The number of carbonyl (C=O) groups excluding carboxylic acids is 2. The molecule has 0 aliphatic rings. The van der Waals surface area contributed by atoms with Gasteiger partial charge in [0.25, 0.3) is 5.91 Å². The maximum Gasteiger partial charge on any atom is 0.251 e. The van der Waals surface area contributed by atoms with Gasteiger partial charge >= 0.3 is 0 Å². The molecule has 5 nitrogen and oxygen atoms in total. The van der Waals surface area contributed by atoms with Crippen LogP contribution in [0, 0.1) is 11.3 Å². The Labute approximate surface area is 122 Å². The van der Waals surface area contributed by atoms with Gasteiger partial charge in [-0.25, -0.2) is 0 Å². The van der Waals surface area contributed by atoms with Gasteiger partial charge in [-0.3, -0.25) is 9.59 Å². The molecule has 2 atom stereocenters. The molecule has 20 heavy (non-hydrogen) atoms. The summed E-state index contributed by atoms with van der Waals surface area (Å²) in [5.74, 6) is -0.204. The summed E-state index contributed by atoms with van der Waals surface area (Å²) in [7, 11) is 0. The number of benzene rings is 1. The summed E-state index contributed by atoms with van der Waals surface area (Å²) in [6, 6.07) is 9.39. The van der Waals surface area contributed by atoms with Gasteiger partial charge in [0.1, 0.15) is 12.1 Å². The second-order valence-corrected chi connectivity index (χ2v) is 5.12. The molecule has 0 spiro atoms. The van der Waals surface area contributed by atoms with Crippen molar-refractivity contribution in [1.82, 2.24) is 10.6 Å². The number of hydrogen-bond acceptors (Lipinski definition) is 4. The van der Waals surface area contributed by atoms with Crippen LogP contribution in [0.3, 0.4) is 0 Å². The second-order valence-electron chi connectivity index (χ2n) is 4.21. The Bertz CT molecular complexity index is 499. The van der Waals surface area contributed by atoms with E-state index in [2.05, 4.69) is 10.6 Å². The molecule has 0 heterocycles. The zero-order valence-electron chi connectivity index (χ0n) is 11.4.